The monoisotopic (exact) mass is 163 g/mol. The van der Waals surface area contributed by atoms with Crippen molar-refractivity contribution in [2.75, 3.05) is 6.54 Å². The molecule has 0 radical (unpaired) electrons. The van der Waals surface area contributed by atoms with E-state index in [1.165, 1.54) is 30.5 Å². The van der Waals surface area contributed by atoms with Crippen molar-refractivity contribution < 1.29 is 0 Å². The highest BCUT2D eigenvalue weighted by molar-refractivity contribution is 5.34. The van der Waals surface area contributed by atoms with Crippen LogP contribution >= 0.6 is 0 Å². The van der Waals surface area contributed by atoms with Crippen LogP contribution in [0.1, 0.15) is 33.1 Å². The zero-order valence-corrected chi connectivity index (χ0v) is 7.98. The van der Waals surface area contributed by atoms with E-state index < -0.39 is 0 Å². The van der Waals surface area contributed by atoms with Crippen LogP contribution in [0.2, 0.25) is 0 Å². The maximum atomic E-state index is 3.54. The summed E-state index contributed by atoms with van der Waals surface area (Å²) < 4.78 is 0. The molecular weight excluding hydrogens is 146 g/mol. The minimum Gasteiger partial charge on any atom is -0.388 e. The molecule has 0 saturated heterocycles. The van der Waals surface area contributed by atoms with Crippen LogP contribution in [-0.2, 0) is 0 Å². The number of rotatable bonds is 0. The van der Waals surface area contributed by atoms with Gasteiger partial charge in [0.15, 0.2) is 0 Å². The fourth-order valence-corrected chi connectivity index (χ4v) is 2.17. The minimum absolute atomic E-state index is 0.352. The Kier molecular flexibility index (Phi) is 1.75. The highest BCUT2D eigenvalue weighted by atomic mass is 14.9. The second kappa shape index (κ2) is 2.65. The van der Waals surface area contributed by atoms with Crippen molar-refractivity contribution in [3.63, 3.8) is 0 Å². The van der Waals surface area contributed by atoms with E-state index >= 15 is 0 Å². The van der Waals surface area contributed by atoms with Crippen LogP contribution in [0.5, 0.6) is 0 Å². The second-order valence-electron chi connectivity index (χ2n) is 4.42. The number of nitrogens with one attached hydrogen (secondary N) is 1. The van der Waals surface area contributed by atoms with Crippen molar-refractivity contribution in [1.29, 1.82) is 0 Å². The second-order valence-corrected chi connectivity index (χ2v) is 4.42. The topological polar surface area (TPSA) is 12.0 Å². The molecule has 0 unspecified atom stereocenters. The van der Waals surface area contributed by atoms with Gasteiger partial charge in [-0.2, -0.15) is 0 Å². The number of hydrogen-bond acceptors (Lipinski definition) is 1. The summed E-state index contributed by atoms with van der Waals surface area (Å²) >= 11 is 0. The lowest BCUT2D eigenvalue weighted by Crippen LogP contribution is -2.33. The quantitative estimate of drug-likeness (QED) is 0.579. The Balaban J connectivity index is 2.36. The zero-order valence-electron chi connectivity index (χ0n) is 7.98. The predicted molar refractivity (Wildman–Crippen MR) is 51.8 cm³/mol. The van der Waals surface area contributed by atoms with Crippen LogP contribution in [0, 0.1) is 5.41 Å². The van der Waals surface area contributed by atoms with E-state index in [4.69, 9.17) is 0 Å². The molecule has 12 heavy (non-hydrogen) atoms. The Morgan fingerprint density at radius 3 is 3.00 bits per heavy atom. The largest absolute Gasteiger partial charge is 0.388 e. The first-order valence-electron chi connectivity index (χ1n) is 4.84. The van der Waals surface area contributed by atoms with Gasteiger partial charge in [0.1, 0.15) is 0 Å². The van der Waals surface area contributed by atoms with Gasteiger partial charge in [-0.3, -0.25) is 0 Å². The van der Waals surface area contributed by atoms with Crippen molar-refractivity contribution in [3.05, 3.63) is 23.4 Å². The molecule has 1 heteroatoms. The first-order valence-corrected chi connectivity index (χ1v) is 4.84. The molecule has 0 aromatic carbocycles. The van der Waals surface area contributed by atoms with Crippen LogP contribution in [0.15, 0.2) is 23.4 Å². The smallest absolute Gasteiger partial charge is 0.0199 e. The molecule has 0 aromatic rings. The van der Waals surface area contributed by atoms with Crippen molar-refractivity contribution in [1.82, 2.24) is 5.32 Å². The molecule has 0 atom stereocenters. The zero-order chi connectivity index (χ0) is 8.60. The summed E-state index contributed by atoms with van der Waals surface area (Å²) in [6.07, 6.45) is 8.35. The molecule has 0 fully saturated rings. The van der Waals surface area contributed by atoms with E-state index in [0.717, 1.165) is 6.54 Å². The Bertz CT molecular complexity index is 246. The fraction of sp³-hybridized carbons (Fsp3) is 0.636. The lowest BCUT2D eigenvalue weighted by Gasteiger charge is -2.35. The Hall–Kier alpha value is -0.720. The predicted octanol–water partition coefficient (Wildman–Crippen LogP) is 2.61. The molecule has 0 aromatic heterocycles. The van der Waals surface area contributed by atoms with E-state index in [9.17, 15) is 0 Å². The van der Waals surface area contributed by atoms with Gasteiger partial charge in [-0.1, -0.05) is 26.0 Å². The molecule has 1 N–H and O–H groups in total. The number of hydrogen-bond donors (Lipinski definition) is 1. The average Bonchev–Trinajstić information content (AvgIpc) is 2.04. The highest BCUT2D eigenvalue weighted by Gasteiger charge is 2.28. The third kappa shape index (κ3) is 1.17. The first kappa shape index (κ1) is 7.90. The van der Waals surface area contributed by atoms with Crippen LogP contribution in [0.25, 0.3) is 0 Å². The lowest BCUT2D eigenvalue weighted by molar-refractivity contribution is 0.393. The molecule has 0 amide bonds. The highest BCUT2D eigenvalue weighted by Crippen LogP contribution is 2.37. The Morgan fingerprint density at radius 2 is 2.25 bits per heavy atom. The van der Waals surface area contributed by atoms with Gasteiger partial charge in [0.25, 0.3) is 0 Å². The van der Waals surface area contributed by atoms with Gasteiger partial charge in [-0.25, -0.2) is 0 Å². The third-order valence-corrected chi connectivity index (χ3v) is 2.87. The standard InChI is InChI=1S/C11H17N/c1-11(2)7-3-5-9-6-4-8-12-10(9)11/h3,5,12H,4,6-8H2,1-2H3. The number of allylic oxidation sites excluding steroid dienone is 4. The molecule has 1 nitrogen and oxygen atoms in total. The van der Waals surface area contributed by atoms with E-state index in [0.29, 0.717) is 5.41 Å². The molecule has 0 saturated carbocycles. The molecule has 1 aliphatic carbocycles. The van der Waals surface area contributed by atoms with E-state index in [1.54, 1.807) is 0 Å². The van der Waals surface area contributed by atoms with E-state index in [1.807, 2.05) is 0 Å². The molecule has 0 spiro atoms. The summed E-state index contributed by atoms with van der Waals surface area (Å²) in [4.78, 5) is 0. The minimum atomic E-state index is 0.352. The molecule has 1 heterocycles. The van der Waals surface area contributed by atoms with Crippen molar-refractivity contribution in [2.24, 2.45) is 5.41 Å². The summed E-state index contributed by atoms with van der Waals surface area (Å²) in [5.41, 5.74) is 3.39. The molecule has 0 bridgehead atoms. The third-order valence-electron chi connectivity index (χ3n) is 2.87. The lowest BCUT2D eigenvalue weighted by atomic mass is 9.77. The van der Waals surface area contributed by atoms with Crippen LogP contribution in [0.4, 0.5) is 0 Å². The summed E-state index contributed by atoms with van der Waals surface area (Å²) in [5, 5.41) is 3.54. The van der Waals surface area contributed by atoms with Gasteiger partial charge in [0.05, 0.1) is 0 Å². The van der Waals surface area contributed by atoms with Crippen molar-refractivity contribution >= 4 is 0 Å². The molecule has 2 rings (SSSR count). The van der Waals surface area contributed by atoms with E-state index in [2.05, 4.69) is 31.3 Å². The SMILES string of the molecule is CC1(C)CC=CC2=C1NCCC2. The van der Waals surface area contributed by atoms with Crippen LogP contribution in [-0.4, -0.2) is 6.54 Å². The summed E-state index contributed by atoms with van der Waals surface area (Å²) in [6, 6.07) is 0. The Morgan fingerprint density at radius 1 is 1.42 bits per heavy atom. The normalized spacial score (nSPS) is 26.5. The van der Waals surface area contributed by atoms with Gasteiger partial charge < -0.3 is 5.32 Å². The van der Waals surface area contributed by atoms with Crippen LogP contribution < -0.4 is 5.32 Å². The molecule has 1 aliphatic heterocycles. The van der Waals surface area contributed by atoms with Gasteiger partial charge >= 0.3 is 0 Å². The Labute approximate surface area is 74.5 Å². The maximum Gasteiger partial charge on any atom is 0.0199 e. The van der Waals surface area contributed by atoms with E-state index in [-0.39, 0.29) is 0 Å². The fourth-order valence-electron chi connectivity index (χ4n) is 2.17. The van der Waals surface area contributed by atoms with Gasteiger partial charge in [0.2, 0.25) is 0 Å². The van der Waals surface area contributed by atoms with Crippen LogP contribution in [0.3, 0.4) is 0 Å². The summed E-state index contributed by atoms with van der Waals surface area (Å²) in [7, 11) is 0. The van der Waals surface area contributed by atoms with Gasteiger partial charge in [-0.15, -0.1) is 0 Å². The van der Waals surface area contributed by atoms with Gasteiger partial charge in [-0.05, 0) is 24.8 Å². The molecule has 66 valence electrons. The summed E-state index contributed by atoms with van der Waals surface area (Å²) in [6.45, 7) is 5.81. The molecular formula is C11H17N. The summed E-state index contributed by atoms with van der Waals surface area (Å²) in [5.74, 6) is 0. The van der Waals surface area contributed by atoms with Crippen molar-refractivity contribution in [2.45, 2.75) is 33.1 Å². The van der Waals surface area contributed by atoms with Gasteiger partial charge in [0, 0.05) is 17.7 Å². The molecule has 2 aliphatic rings. The van der Waals surface area contributed by atoms with Crippen molar-refractivity contribution in [3.8, 4) is 0 Å². The first-order chi connectivity index (χ1) is 5.70. The average molecular weight is 163 g/mol. The maximum absolute atomic E-state index is 3.54.